The van der Waals surface area contributed by atoms with Gasteiger partial charge in [-0.15, -0.1) is 0 Å². The minimum atomic E-state index is -2.88. The van der Waals surface area contributed by atoms with Crippen LogP contribution in [0.3, 0.4) is 0 Å². The average Bonchev–Trinajstić information content (AvgIpc) is 2.91. The minimum absolute atomic E-state index is 0.0693. The SMILES string of the molecule is O=c1occ(CN2CCCCCC2)c(O)c1CN1CCN([C@H]2CCS(=O)(=O)C2)CC1. The summed E-state index contributed by atoms with van der Waals surface area (Å²) in [6.07, 6.45) is 6.94. The topological polar surface area (TPSA) is 94.3 Å². The predicted octanol–water partition coefficient (Wildman–Crippen LogP) is 1.03. The Morgan fingerprint density at radius 1 is 0.967 bits per heavy atom. The van der Waals surface area contributed by atoms with Gasteiger partial charge in [-0.3, -0.25) is 14.7 Å². The Labute approximate surface area is 178 Å². The number of piperazine rings is 1. The fourth-order valence-corrected chi connectivity index (χ4v) is 6.66. The summed E-state index contributed by atoms with van der Waals surface area (Å²) >= 11 is 0. The van der Waals surface area contributed by atoms with Gasteiger partial charge in [-0.1, -0.05) is 12.8 Å². The first kappa shape index (κ1) is 21.8. The molecule has 8 nitrogen and oxygen atoms in total. The van der Waals surface area contributed by atoms with Gasteiger partial charge in [-0.05, 0) is 32.4 Å². The van der Waals surface area contributed by atoms with E-state index < -0.39 is 15.5 Å². The lowest BCUT2D eigenvalue weighted by molar-refractivity contribution is 0.0986. The van der Waals surface area contributed by atoms with Crippen molar-refractivity contribution in [2.24, 2.45) is 0 Å². The molecular weight excluding hydrogens is 406 g/mol. The zero-order chi connectivity index (χ0) is 21.1. The van der Waals surface area contributed by atoms with Crippen molar-refractivity contribution in [3.05, 3.63) is 27.8 Å². The van der Waals surface area contributed by atoms with E-state index in [2.05, 4.69) is 14.7 Å². The zero-order valence-corrected chi connectivity index (χ0v) is 18.4. The molecule has 0 saturated carbocycles. The van der Waals surface area contributed by atoms with Gasteiger partial charge in [0.2, 0.25) is 0 Å². The Bertz CT molecular complexity index is 884. The molecule has 3 aliphatic rings. The van der Waals surface area contributed by atoms with Gasteiger partial charge >= 0.3 is 5.63 Å². The lowest BCUT2D eigenvalue weighted by Gasteiger charge is -2.37. The number of sulfone groups is 1. The maximum Gasteiger partial charge on any atom is 0.343 e. The Balaban J connectivity index is 1.37. The van der Waals surface area contributed by atoms with Crippen LogP contribution in [0.4, 0.5) is 0 Å². The molecule has 4 heterocycles. The fourth-order valence-electron chi connectivity index (χ4n) is 4.90. The fraction of sp³-hybridized carbons (Fsp3) is 0.762. The van der Waals surface area contributed by atoms with E-state index in [-0.39, 0.29) is 23.3 Å². The van der Waals surface area contributed by atoms with Crippen LogP contribution in [0.1, 0.15) is 43.2 Å². The third-order valence-electron chi connectivity index (χ3n) is 6.75. The first-order valence-electron chi connectivity index (χ1n) is 11.1. The van der Waals surface area contributed by atoms with E-state index in [1.807, 2.05) is 0 Å². The van der Waals surface area contributed by atoms with Crippen molar-refractivity contribution in [3.8, 4) is 5.75 Å². The molecule has 30 heavy (non-hydrogen) atoms. The summed E-state index contributed by atoms with van der Waals surface area (Å²) in [5.74, 6) is 0.617. The lowest BCUT2D eigenvalue weighted by atomic mass is 10.1. The summed E-state index contributed by atoms with van der Waals surface area (Å²) in [5, 5.41) is 10.8. The molecule has 3 aliphatic heterocycles. The van der Waals surface area contributed by atoms with E-state index in [9.17, 15) is 18.3 Å². The molecule has 3 fully saturated rings. The Hall–Kier alpha value is -1.42. The molecule has 0 amide bonds. The van der Waals surface area contributed by atoms with Crippen LogP contribution in [-0.4, -0.2) is 85.0 Å². The highest BCUT2D eigenvalue weighted by Gasteiger charge is 2.34. The second-order valence-electron chi connectivity index (χ2n) is 8.93. The smallest absolute Gasteiger partial charge is 0.343 e. The van der Waals surface area contributed by atoms with Crippen LogP contribution in [-0.2, 0) is 22.9 Å². The van der Waals surface area contributed by atoms with Crippen molar-refractivity contribution in [3.63, 3.8) is 0 Å². The predicted molar refractivity (Wildman–Crippen MR) is 114 cm³/mol. The van der Waals surface area contributed by atoms with Crippen molar-refractivity contribution in [1.82, 2.24) is 14.7 Å². The third-order valence-corrected chi connectivity index (χ3v) is 8.50. The number of likely N-dealkylation sites (tertiary alicyclic amines) is 1. The van der Waals surface area contributed by atoms with E-state index in [1.165, 1.54) is 19.1 Å². The van der Waals surface area contributed by atoms with Gasteiger partial charge in [0.15, 0.2) is 9.84 Å². The Kier molecular flexibility index (Phi) is 6.81. The summed E-state index contributed by atoms with van der Waals surface area (Å²) in [5.41, 5.74) is 0.539. The summed E-state index contributed by atoms with van der Waals surface area (Å²) in [6, 6.07) is 0.118. The van der Waals surface area contributed by atoms with Crippen molar-refractivity contribution < 1.29 is 17.9 Å². The first-order chi connectivity index (χ1) is 14.4. The van der Waals surface area contributed by atoms with Crippen LogP contribution in [0, 0.1) is 0 Å². The molecule has 1 aromatic heterocycles. The minimum Gasteiger partial charge on any atom is -0.507 e. The summed E-state index contributed by atoms with van der Waals surface area (Å²) < 4.78 is 28.8. The number of hydrogen-bond donors (Lipinski definition) is 1. The molecule has 1 N–H and O–H groups in total. The van der Waals surface area contributed by atoms with Crippen molar-refractivity contribution in [2.45, 2.75) is 51.2 Å². The van der Waals surface area contributed by atoms with E-state index in [4.69, 9.17) is 4.42 Å². The Morgan fingerprint density at radius 2 is 1.63 bits per heavy atom. The van der Waals surface area contributed by atoms with Gasteiger partial charge in [0.05, 0.1) is 17.1 Å². The van der Waals surface area contributed by atoms with Gasteiger partial charge in [-0.2, -0.15) is 0 Å². The molecule has 168 valence electrons. The second kappa shape index (κ2) is 9.38. The van der Waals surface area contributed by atoms with Crippen LogP contribution < -0.4 is 5.63 Å². The van der Waals surface area contributed by atoms with Crippen molar-refractivity contribution in [2.75, 3.05) is 50.8 Å². The van der Waals surface area contributed by atoms with E-state index in [0.717, 1.165) is 52.1 Å². The van der Waals surface area contributed by atoms with Crippen LogP contribution in [0.25, 0.3) is 0 Å². The summed E-state index contributed by atoms with van der Waals surface area (Å²) in [4.78, 5) is 19.0. The summed E-state index contributed by atoms with van der Waals surface area (Å²) in [7, 11) is -2.88. The van der Waals surface area contributed by atoms with Crippen molar-refractivity contribution in [1.29, 1.82) is 0 Å². The lowest BCUT2D eigenvalue weighted by Crippen LogP contribution is -2.50. The zero-order valence-electron chi connectivity index (χ0n) is 17.6. The number of aromatic hydroxyl groups is 1. The van der Waals surface area contributed by atoms with Gasteiger partial charge in [0.25, 0.3) is 0 Å². The molecule has 0 radical (unpaired) electrons. The molecular formula is C21H33N3O5S. The number of nitrogens with zero attached hydrogens (tertiary/aromatic N) is 3. The molecule has 1 aromatic rings. The van der Waals surface area contributed by atoms with E-state index in [1.54, 1.807) is 0 Å². The standard InChI is InChI=1S/C21H33N3O5S/c25-20-17(13-22-6-3-1-2-4-7-22)15-29-21(26)19(20)14-23-8-10-24(11-9-23)18-5-12-30(27,28)16-18/h15,18,25H,1-14,16H2/t18-/m0/s1. The van der Waals surface area contributed by atoms with E-state index in [0.29, 0.717) is 30.6 Å². The maximum absolute atomic E-state index is 12.3. The maximum atomic E-state index is 12.3. The van der Waals surface area contributed by atoms with Gasteiger partial charge in [-0.25, -0.2) is 13.2 Å². The van der Waals surface area contributed by atoms with Crippen LogP contribution in [0.2, 0.25) is 0 Å². The van der Waals surface area contributed by atoms with E-state index >= 15 is 0 Å². The highest BCUT2D eigenvalue weighted by molar-refractivity contribution is 7.91. The molecule has 4 rings (SSSR count). The first-order valence-corrected chi connectivity index (χ1v) is 12.9. The Morgan fingerprint density at radius 3 is 2.27 bits per heavy atom. The largest absolute Gasteiger partial charge is 0.507 e. The average molecular weight is 440 g/mol. The normalized spacial score (nSPS) is 26.6. The molecule has 3 saturated heterocycles. The van der Waals surface area contributed by atoms with Crippen LogP contribution in [0.15, 0.2) is 15.5 Å². The highest BCUT2D eigenvalue weighted by Crippen LogP contribution is 2.25. The molecule has 0 spiro atoms. The molecule has 0 aliphatic carbocycles. The van der Waals surface area contributed by atoms with Crippen LogP contribution >= 0.6 is 0 Å². The van der Waals surface area contributed by atoms with Crippen LogP contribution in [0.5, 0.6) is 5.75 Å². The molecule has 1 atom stereocenters. The highest BCUT2D eigenvalue weighted by atomic mass is 32.2. The molecule has 0 bridgehead atoms. The van der Waals surface area contributed by atoms with Gasteiger partial charge < -0.3 is 9.52 Å². The second-order valence-corrected chi connectivity index (χ2v) is 11.2. The number of rotatable bonds is 5. The van der Waals surface area contributed by atoms with Gasteiger partial charge in [0, 0.05) is 50.9 Å². The molecule has 0 aromatic carbocycles. The third kappa shape index (κ3) is 5.25. The molecule has 0 unspecified atom stereocenters. The summed E-state index contributed by atoms with van der Waals surface area (Å²) in [6.45, 7) is 6.02. The quantitative estimate of drug-likeness (QED) is 0.727. The van der Waals surface area contributed by atoms with Gasteiger partial charge in [0.1, 0.15) is 12.0 Å². The van der Waals surface area contributed by atoms with Crippen molar-refractivity contribution >= 4 is 9.84 Å². The monoisotopic (exact) mass is 439 g/mol. The molecule has 9 heteroatoms. The number of hydrogen-bond acceptors (Lipinski definition) is 8.